The summed E-state index contributed by atoms with van der Waals surface area (Å²) in [5, 5.41) is 0. The Hall–Kier alpha value is -1.63. The van der Waals surface area contributed by atoms with Crippen LogP contribution in [0.4, 0.5) is 11.4 Å². The van der Waals surface area contributed by atoms with Gasteiger partial charge < -0.3 is 18.8 Å². The van der Waals surface area contributed by atoms with Crippen LogP contribution in [0.5, 0.6) is 11.5 Å². The van der Waals surface area contributed by atoms with Crippen LogP contribution < -0.4 is 14.4 Å². The zero-order valence-electron chi connectivity index (χ0n) is 18.0. The minimum Gasteiger partial charge on any atom is -0.497 e. The van der Waals surface area contributed by atoms with Gasteiger partial charge in [-0.2, -0.15) is 0 Å². The van der Waals surface area contributed by atoms with Gasteiger partial charge in [-0.15, -0.1) is 0 Å². The van der Waals surface area contributed by atoms with Crippen molar-refractivity contribution in [2.45, 2.75) is 49.8 Å². The van der Waals surface area contributed by atoms with Crippen LogP contribution in [0.2, 0.25) is 13.1 Å². The molecule has 4 nitrogen and oxygen atoms in total. The summed E-state index contributed by atoms with van der Waals surface area (Å²) < 4.78 is 17.8. The molecule has 151 valence electrons. The number of hydrogen-bond acceptors (Lipinski definition) is 5. The Morgan fingerprint density at radius 2 is 1.68 bits per heavy atom. The lowest BCUT2D eigenvalue weighted by Gasteiger charge is -2.38. The molecule has 1 aliphatic rings. The first-order valence-corrected chi connectivity index (χ1v) is 12.7. The molecule has 0 saturated carbocycles. The van der Waals surface area contributed by atoms with E-state index in [-0.39, 0.29) is 11.5 Å². The quantitative estimate of drug-likeness (QED) is 0.535. The minimum atomic E-state index is -0.895. The molecule has 0 aliphatic carbocycles. The maximum absolute atomic E-state index is 6.54. The summed E-state index contributed by atoms with van der Waals surface area (Å²) >= 11 is 1.77. The zero-order valence-corrected chi connectivity index (χ0v) is 19.9. The molecule has 0 saturated heterocycles. The average Bonchev–Trinajstić information content (AvgIpc) is 2.64. The van der Waals surface area contributed by atoms with E-state index in [1.54, 1.807) is 26.0 Å². The Kier molecular flexibility index (Phi) is 6.03. The molecule has 1 unspecified atom stereocenters. The molecule has 0 bridgehead atoms. The normalized spacial score (nSPS) is 14.5. The van der Waals surface area contributed by atoms with E-state index in [0.29, 0.717) is 0 Å². The predicted molar refractivity (Wildman–Crippen MR) is 119 cm³/mol. The lowest BCUT2D eigenvalue weighted by atomic mass is 9.84. The van der Waals surface area contributed by atoms with Gasteiger partial charge in [0, 0.05) is 22.4 Å². The molecule has 2 aromatic rings. The summed E-state index contributed by atoms with van der Waals surface area (Å²) in [5.74, 6) is 1.75. The van der Waals surface area contributed by atoms with Crippen LogP contribution in [0, 0.1) is 5.41 Å². The largest absolute Gasteiger partial charge is 0.497 e. The maximum atomic E-state index is 6.54. The number of hydrogen-bond donors (Lipinski definition) is 0. The fourth-order valence-corrected chi connectivity index (χ4v) is 5.77. The molecule has 6 heteroatoms. The van der Waals surface area contributed by atoms with Gasteiger partial charge in [0.1, 0.15) is 11.5 Å². The van der Waals surface area contributed by atoms with Gasteiger partial charge in [-0.3, -0.25) is 0 Å². The highest BCUT2D eigenvalue weighted by Crippen LogP contribution is 2.55. The SMILES string of the molecule is COc1ccc2c(c1)Sc1c(ccc(OC)c1C(O[Si](C)C)C(C)(C)C)N2C. The first-order valence-electron chi connectivity index (χ1n) is 9.44. The molecule has 1 aliphatic heterocycles. The predicted octanol–water partition coefficient (Wildman–Crippen LogP) is 6.29. The van der Waals surface area contributed by atoms with Crippen molar-refractivity contribution in [3.8, 4) is 11.5 Å². The smallest absolute Gasteiger partial charge is 0.205 e. The summed E-state index contributed by atoms with van der Waals surface area (Å²) in [6, 6.07) is 10.4. The van der Waals surface area contributed by atoms with Crippen LogP contribution in [0.25, 0.3) is 0 Å². The second-order valence-corrected chi connectivity index (χ2v) is 11.4. The molecule has 1 atom stereocenters. The average molecular weight is 417 g/mol. The summed E-state index contributed by atoms with van der Waals surface area (Å²) in [5.41, 5.74) is 3.44. The molecule has 0 spiro atoms. The highest BCUT2D eigenvalue weighted by molar-refractivity contribution is 7.99. The van der Waals surface area contributed by atoms with Crippen LogP contribution in [-0.4, -0.2) is 30.3 Å². The van der Waals surface area contributed by atoms with Gasteiger partial charge >= 0.3 is 0 Å². The fourth-order valence-electron chi connectivity index (χ4n) is 3.49. The van der Waals surface area contributed by atoms with E-state index in [1.165, 1.54) is 21.2 Å². The number of benzene rings is 2. The minimum absolute atomic E-state index is 0.0469. The van der Waals surface area contributed by atoms with Crippen LogP contribution >= 0.6 is 11.8 Å². The van der Waals surface area contributed by atoms with Crippen LogP contribution in [0.3, 0.4) is 0 Å². The third kappa shape index (κ3) is 3.91. The number of nitrogens with zero attached hydrogens (tertiary/aromatic N) is 1. The highest BCUT2D eigenvalue weighted by atomic mass is 32.2. The first kappa shape index (κ1) is 21.1. The molecule has 1 heterocycles. The zero-order chi connectivity index (χ0) is 20.6. The first-order chi connectivity index (χ1) is 13.2. The molecular formula is C22H30NO3SSi. The second-order valence-electron chi connectivity index (χ2n) is 8.30. The van der Waals surface area contributed by atoms with Crippen LogP contribution in [0.1, 0.15) is 32.4 Å². The third-order valence-corrected chi connectivity index (χ3v) is 6.75. The standard InChI is InChI=1S/C22H30NO3SSi/c1-22(2,3)21(26-28(7)8)19-17(25-6)12-11-16-20(19)27-18-13-14(24-5)9-10-15(18)23(16)4/h9-13,21H,1-8H3. The van der Waals surface area contributed by atoms with Gasteiger partial charge in [0.05, 0.1) is 31.7 Å². The topological polar surface area (TPSA) is 30.9 Å². The molecule has 2 aromatic carbocycles. The van der Waals surface area contributed by atoms with Crippen molar-refractivity contribution in [1.29, 1.82) is 0 Å². The van der Waals surface area contributed by atoms with E-state index >= 15 is 0 Å². The molecule has 0 amide bonds. The summed E-state index contributed by atoms with van der Waals surface area (Å²) in [6.45, 7) is 11.1. The van der Waals surface area contributed by atoms with Crippen LogP contribution in [0.15, 0.2) is 40.1 Å². The Morgan fingerprint density at radius 3 is 2.25 bits per heavy atom. The number of fused-ring (bicyclic) bond motifs is 2. The number of methoxy groups -OCH3 is 2. The second kappa shape index (κ2) is 8.01. The van der Waals surface area contributed by atoms with Gasteiger partial charge in [0.25, 0.3) is 0 Å². The van der Waals surface area contributed by atoms with Crippen molar-refractivity contribution in [2.75, 3.05) is 26.2 Å². The van der Waals surface area contributed by atoms with E-state index in [1.807, 2.05) is 6.07 Å². The van der Waals surface area contributed by atoms with E-state index in [2.05, 4.69) is 70.1 Å². The van der Waals surface area contributed by atoms with E-state index in [4.69, 9.17) is 13.9 Å². The van der Waals surface area contributed by atoms with Crippen molar-refractivity contribution in [2.24, 2.45) is 5.41 Å². The molecule has 1 radical (unpaired) electrons. The molecule has 0 fully saturated rings. The summed E-state index contributed by atoms with van der Waals surface area (Å²) in [4.78, 5) is 4.62. The van der Waals surface area contributed by atoms with Gasteiger partial charge in [0.15, 0.2) is 0 Å². The van der Waals surface area contributed by atoms with E-state index in [9.17, 15) is 0 Å². The molecule has 0 aromatic heterocycles. The van der Waals surface area contributed by atoms with Gasteiger partial charge in [0.2, 0.25) is 9.04 Å². The molecule has 28 heavy (non-hydrogen) atoms. The van der Waals surface area contributed by atoms with Crippen molar-refractivity contribution >= 4 is 32.2 Å². The molecular weight excluding hydrogens is 386 g/mol. The number of ether oxygens (including phenoxy) is 2. The maximum Gasteiger partial charge on any atom is 0.205 e. The van der Waals surface area contributed by atoms with Crippen LogP contribution in [-0.2, 0) is 4.43 Å². The Bertz CT molecular complexity index is 864. The molecule has 0 N–H and O–H groups in total. The van der Waals surface area contributed by atoms with Crippen molar-refractivity contribution in [3.63, 3.8) is 0 Å². The van der Waals surface area contributed by atoms with Crippen molar-refractivity contribution in [3.05, 3.63) is 35.9 Å². The van der Waals surface area contributed by atoms with E-state index < -0.39 is 9.04 Å². The van der Waals surface area contributed by atoms with Gasteiger partial charge in [-0.1, -0.05) is 32.5 Å². The van der Waals surface area contributed by atoms with Gasteiger partial charge in [-0.05, 0) is 48.8 Å². The number of anilines is 2. The Labute approximate surface area is 174 Å². The van der Waals surface area contributed by atoms with Gasteiger partial charge in [-0.25, -0.2) is 0 Å². The van der Waals surface area contributed by atoms with Crippen molar-refractivity contribution < 1.29 is 13.9 Å². The lowest BCUT2D eigenvalue weighted by Crippen LogP contribution is -2.28. The Balaban J connectivity index is 2.21. The highest BCUT2D eigenvalue weighted by Gasteiger charge is 2.36. The molecule has 3 rings (SSSR count). The lowest BCUT2D eigenvalue weighted by molar-refractivity contribution is 0.0817. The van der Waals surface area contributed by atoms with Crippen molar-refractivity contribution in [1.82, 2.24) is 0 Å². The third-order valence-electron chi connectivity index (χ3n) is 4.86. The summed E-state index contributed by atoms with van der Waals surface area (Å²) in [7, 11) is 4.66. The monoisotopic (exact) mass is 416 g/mol. The Morgan fingerprint density at radius 1 is 1.00 bits per heavy atom. The van der Waals surface area contributed by atoms with E-state index in [0.717, 1.165) is 17.1 Å². The fraction of sp³-hybridized carbons (Fsp3) is 0.455. The summed E-state index contributed by atoms with van der Waals surface area (Å²) in [6.07, 6.45) is -0.0469. The number of rotatable bonds is 5.